The minimum absolute atomic E-state index is 0.142. The molecule has 7 nitrogen and oxygen atoms in total. The summed E-state index contributed by atoms with van der Waals surface area (Å²) in [4.78, 5) is 24.8. The highest BCUT2D eigenvalue weighted by atomic mass is 16.5. The Labute approximate surface area is 197 Å². The van der Waals surface area contributed by atoms with E-state index in [9.17, 15) is 9.59 Å². The van der Waals surface area contributed by atoms with Crippen LogP contribution in [0.15, 0.2) is 97.3 Å². The van der Waals surface area contributed by atoms with E-state index in [0.717, 1.165) is 11.3 Å². The number of rotatable bonds is 9. The Balaban J connectivity index is 1.29. The molecular formula is C27H25N3O4. The number of nitrogens with zero attached hydrogens (tertiary/aromatic N) is 1. The van der Waals surface area contributed by atoms with Gasteiger partial charge in [0.05, 0.1) is 13.5 Å². The summed E-state index contributed by atoms with van der Waals surface area (Å²) in [5.41, 5.74) is 3.10. The third-order valence-electron chi connectivity index (χ3n) is 5.06. The van der Waals surface area contributed by atoms with Crippen molar-refractivity contribution in [1.29, 1.82) is 0 Å². The van der Waals surface area contributed by atoms with Crippen LogP contribution < -0.4 is 20.1 Å². The fraction of sp³-hybridized carbons (Fsp3) is 0.111. The Kier molecular flexibility index (Phi) is 7.25. The van der Waals surface area contributed by atoms with Gasteiger partial charge in [-0.15, -0.1) is 0 Å². The highest BCUT2D eigenvalue weighted by molar-refractivity contribution is 5.95. The molecule has 3 aromatic carbocycles. The molecule has 0 aliphatic rings. The number of benzene rings is 3. The average Bonchev–Trinajstić information content (AvgIpc) is 3.38. The van der Waals surface area contributed by atoms with Crippen LogP contribution in [0, 0.1) is 0 Å². The summed E-state index contributed by atoms with van der Waals surface area (Å²) in [5, 5.41) is 5.65. The summed E-state index contributed by atoms with van der Waals surface area (Å²) in [6.45, 7) is -0.171. The molecule has 0 atom stereocenters. The second kappa shape index (κ2) is 10.9. The monoisotopic (exact) mass is 455 g/mol. The van der Waals surface area contributed by atoms with Gasteiger partial charge in [-0.1, -0.05) is 30.3 Å². The fourth-order valence-corrected chi connectivity index (χ4v) is 3.44. The van der Waals surface area contributed by atoms with E-state index in [2.05, 4.69) is 10.6 Å². The predicted octanol–water partition coefficient (Wildman–Crippen LogP) is 4.68. The van der Waals surface area contributed by atoms with Crippen molar-refractivity contribution in [1.82, 2.24) is 4.57 Å². The predicted molar refractivity (Wildman–Crippen MR) is 132 cm³/mol. The molecule has 0 fully saturated rings. The van der Waals surface area contributed by atoms with Crippen LogP contribution in [-0.4, -0.2) is 30.1 Å². The molecule has 0 spiro atoms. The first-order chi connectivity index (χ1) is 16.6. The van der Waals surface area contributed by atoms with Gasteiger partial charge in [0.25, 0.3) is 5.91 Å². The van der Waals surface area contributed by atoms with Gasteiger partial charge in [-0.2, -0.15) is 0 Å². The lowest BCUT2D eigenvalue weighted by molar-refractivity contribution is -0.118. The number of nitrogens with one attached hydrogen (secondary N) is 2. The number of anilines is 2. The minimum Gasteiger partial charge on any atom is -0.493 e. The van der Waals surface area contributed by atoms with Crippen molar-refractivity contribution in [3.63, 3.8) is 0 Å². The second-order valence-corrected chi connectivity index (χ2v) is 7.55. The van der Waals surface area contributed by atoms with E-state index in [-0.39, 0.29) is 24.8 Å². The van der Waals surface area contributed by atoms with E-state index in [1.165, 1.54) is 0 Å². The van der Waals surface area contributed by atoms with Crippen molar-refractivity contribution in [2.75, 3.05) is 24.4 Å². The molecule has 0 saturated carbocycles. The number of carbonyl (C=O) groups is 2. The molecule has 2 amide bonds. The number of carbonyl (C=O) groups excluding carboxylic acids is 2. The summed E-state index contributed by atoms with van der Waals surface area (Å²) in [6, 6.07) is 25.9. The molecule has 1 heterocycles. The standard InChI is InChI=1S/C27H25N3O4/c1-33-24-9-2-3-10-25(24)34-19-27(32)29-22-8-6-7-21(18-22)28-26(31)17-20-11-13-23(14-12-20)30-15-4-5-16-30/h2-16,18H,17,19H2,1H3,(H,28,31)(H,29,32). The smallest absolute Gasteiger partial charge is 0.262 e. The summed E-state index contributed by atoms with van der Waals surface area (Å²) in [5.74, 6) is 0.579. The normalized spacial score (nSPS) is 10.4. The van der Waals surface area contributed by atoms with Gasteiger partial charge in [0, 0.05) is 29.5 Å². The minimum atomic E-state index is -0.322. The van der Waals surface area contributed by atoms with Crippen molar-refractivity contribution in [2.45, 2.75) is 6.42 Å². The van der Waals surface area contributed by atoms with Crippen molar-refractivity contribution in [3.05, 3.63) is 103 Å². The SMILES string of the molecule is COc1ccccc1OCC(=O)Nc1cccc(NC(=O)Cc2ccc(-n3cccc3)cc2)c1. The lowest BCUT2D eigenvalue weighted by Crippen LogP contribution is -2.20. The number of methoxy groups -OCH3 is 1. The van der Waals surface area contributed by atoms with E-state index in [4.69, 9.17) is 9.47 Å². The van der Waals surface area contributed by atoms with E-state index >= 15 is 0 Å². The van der Waals surface area contributed by atoms with Gasteiger partial charge < -0.3 is 24.7 Å². The molecule has 172 valence electrons. The Morgan fingerprint density at radius 2 is 1.41 bits per heavy atom. The van der Waals surface area contributed by atoms with E-state index in [1.54, 1.807) is 49.6 Å². The Hall–Kier alpha value is -4.52. The number of para-hydroxylation sites is 2. The molecule has 7 heteroatoms. The maximum Gasteiger partial charge on any atom is 0.262 e. The topological polar surface area (TPSA) is 81.6 Å². The van der Waals surface area contributed by atoms with Crippen LogP contribution in [0.3, 0.4) is 0 Å². The quantitative estimate of drug-likeness (QED) is 0.384. The first-order valence-corrected chi connectivity index (χ1v) is 10.8. The molecule has 0 radical (unpaired) electrons. The molecule has 4 rings (SSSR count). The van der Waals surface area contributed by atoms with Gasteiger partial charge in [-0.05, 0) is 60.2 Å². The lowest BCUT2D eigenvalue weighted by Gasteiger charge is -2.11. The summed E-state index contributed by atoms with van der Waals surface area (Å²) < 4.78 is 12.8. The van der Waals surface area contributed by atoms with Crippen molar-refractivity contribution >= 4 is 23.2 Å². The largest absolute Gasteiger partial charge is 0.493 e. The third kappa shape index (κ3) is 6.04. The highest BCUT2D eigenvalue weighted by Crippen LogP contribution is 2.25. The molecule has 0 saturated heterocycles. The van der Waals surface area contributed by atoms with Gasteiger partial charge in [0.15, 0.2) is 18.1 Å². The Morgan fingerprint density at radius 1 is 0.765 bits per heavy atom. The maximum atomic E-state index is 12.5. The van der Waals surface area contributed by atoms with Gasteiger partial charge in [0.1, 0.15) is 0 Å². The molecule has 0 aliphatic heterocycles. The van der Waals surface area contributed by atoms with Gasteiger partial charge in [-0.3, -0.25) is 9.59 Å². The van der Waals surface area contributed by atoms with Crippen LogP contribution in [0.5, 0.6) is 11.5 Å². The molecule has 0 unspecified atom stereocenters. The molecule has 34 heavy (non-hydrogen) atoms. The lowest BCUT2D eigenvalue weighted by atomic mass is 10.1. The second-order valence-electron chi connectivity index (χ2n) is 7.55. The number of aromatic nitrogens is 1. The zero-order valence-electron chi connectivity index (χ0n) is 18.7. The van der Waals surface area contributed by atoms with Crippen LogP contribution in [0.4, 0.5) is 11.4 Å². The van der Waals surface area contributed by atoms with Gasteiger partial charge >= 0.3 is 0 Å². The van der Waals surface area contributed by atoms with Crippen molar-refractivity contribution < 1.29 is 19.1 Å². The Bertz CT molecular complexity index is 1250. The van der Waals surface area contributed by atoms with Gasteiger partial charge in [-0.25, -0.2) is 0 Å². The number of ether oxygens (including phenoxy) is 2. The molecule has 0 bridgehead atoms. The van der Waals surface area contributed by atoms with E-state index in [1.807, 2.05) is 59.4 Å². The Morgan fingerprint density at radius 3 is 2.09 bits per heavy atom. The van der Waals surface area contributed by atoms with Gasteiger partial charge in [0.2, 0.25) is 5.91 Å². The first-order valence-electron chi connectivity index (χ1n) is 10.8. The van der Waals surface area contributed by atoms with Crippen LogP contribution in [0.2, 0.25) is 0 Å². The average molecular weight is 456 g/mol. The first kappa shape index (κ1) is 22.7. The molecular weight excluding hydrogens is 430 g/mol. The summed E-state index contributed by atoms with van der Waals surface area (Å²) in [6.07, 6.45) is 4.19. The van der Waals surface area contributed by atoms with Crippen LogP contribution >= 0.6 is 0 Å². The molecule has 0 aliphatic carbocycles. The van der Waals surface area contributed by atoms with Crippen LogP contribution in [-0.2, 0) is 16.0 Å². The number of amides is 2. The van der Waals surface area contributed by atoms with Crippen LogP contribution in [0.1, 0.15) is 5.56 Å². The maximum absolute atomic E-state index is 12.5. The zero-order chi connectivity index (χ0) is 23.8. The number of hydrogen-bond acceptors (Lipinski definition) is 4. The summed E-state index contributed by atoms with van der Waals surface area (Å²) >= 11 is 0. The summed E-state index contributed by atoms with van der Waals surface area (Å²) in [7, 11) is 1.54. The molecule has 1 aromatic heterocycles. The number of hydrogen-bond donors (Lipinski definition) is 2. The fourth-order valence-electron chi connectivity index (χ4n) is 3.44. The van der Waals surface area contributed by atoms with E-state index in [0.29, 0.717) is 22.9 Å². The molecule has 2 N–H and O–H groups in total. The zero-order valence-corrected chi connectivity index (χ0v) is 18.7. The van der Waals surface area contributed by atoms with Crippen molar-refractivity contribution in [3.8, 4) is 17.2 Å². The third-order valence-corrected chi connectivity index (χ3v) is 5.06. The van der Waals surface area contributed by atoms with Crippen molar-refractivity contribution in [2.24, 2.45) is 0 Å². The molecule has 4 aromatic rings. The van der Waals surface area contributed by atoms with E-state index < -0.39 is 0 Å². The highest BCUT2D eigenvalue weighted by Gasteiger charge is 2.09. The van der Waals surface area contributed by atoms with Crippen LogP contribution in [0.25, 0.3) is 5.69 Å².